The molecule has 1 N–H and O–H groups in total. The molecule has 0 spiro atoms. The molecule has 0 radical (unpaired) electrons. The summed E-state index contributed by atoms with van der Waals surface area (Å²) >= 11 is 5.78. The van der Waals surface area contributed by atoms with Crippen LogP contribution in [-0.2, 0) is 0 Å². The second kappa shape index (κ2) is 10.0. The predicted molar refractivity (Wildman–Crippen MR) is 139 cm³/mol. The van der Waals surface area contributed by atoms with Gasteiger partial charge in [0.1, 0.15) is 5.75 Å². The van der Waals surface area contributed by atoms with E-state index in [0.717, 1.165) is 35.7 Å². The molecule has 184 valence electrons. The van der Waals surface area contributed by atoms with Crippen molar-refractivity contribution in [1.29, 1.82) is 0 Å². The molecule has 35 heavy (non-hydrogen) atoms. The molecule has 10 heteroatoms. The minimum atomic E-state index is -0.391. The number of non-ortho nitro benzene ring substituents is 1. The summed E-state index contributed by atoms with van der Waals surface area (Å²) in [6.45, 7) is 5.61. The first kappa shape index (κ1) is 24.6. The molecule has 2 aromatic heterocycles. The number of thiocarbonyl (C=S) groups is 1. The van der Waals surface area contributed by atoms with E-state index in [9.17, 15) is 10.1 Å². The van der Waals surface area contributed by atoms with Crippen LogP contribution in [0, 0.1) is 24.0 Å². The Morgan fingerprint density at radius 3 is 2.63 bits per heavy atom. The zero-order chi connectivity index (χ0) is 25.3. The van der Waals surface area contributed by atoms with Gasteiger partial charge in [-0.15, -0.1) is 0 Å². The highest BCUT2D eigenvalue weighted by atomic mass is 32.1. The van der Waals surface area contributed by atoms with Gasteiger partial charge in [-0.3, -0.25) is 15.1 Å². The van der Waals surface area contributed by atoms with Crippen molar-refractivity contribution in [2.75, 3.05) is 34.3 Å². The maximum atomic E-state index is 11.5. The SMILES string of the molecule is COc1ccc([N+](=O)[O-])cc1-n1c(C)cc([C@H]2[C@@H](c3ccccn3)NC(=S)N2CCN(C)C)c1C. The second-order valence-electron chi connectivity index (χ2n) is 8.90. The molecule has 1 aliphatic heterocycles. The van der Waals surface area contributed by atoms with Crippen molar-refractivity contribution < 1.29 is 9.66 Å². The van der Waals surface area contributed by atoms with Crippen LogP contribution < -0.4 is 10.1 Å². The number of nitro groups is 1. The highest BCUT2D eigenvalue weighted by molar-refractivity contribution is 7.80. The number of nitro benzene ring substituents is 1. The van der Waals surface area contributed by atoms with E-state index in [-0.39, 0.29) is 17.8 Å². The second-order valence-corrected chi connectivity index (χ2v) is 9.29. The van der Waals surface area contributed by atoms with Gasteiger partial charge in [0, 0.05) is 42.8 Å². The summed E-state index contributed by atoms with van der Waals surface area (Å²) in [7, 11) is 5.65. The lowest BCUT2D eigenvalue weighted by atomic mass is 9.96. The summed E-state index contributed by atoms with van der Waals surface area (Å²) in [5.41, 5.74) is 4.54. The smallest absolute Gasteiger partial charge is 0.271 e. The van der Waals surface area contributed by atoms with Gasteiger partial charge < -0.3 is 24.4 Å². The number of likely N-dealkylation sites (N-methyl/N-ethyl adjacent to an activating group) is 1. The van der Waals surface area contributed by atoms with Crippen LogP contribution in [-0.4, -0.2) is 63.7 Å². The molecule has 1 fully saturated rings. The summed E-state index contributed by atoms with van der Waals surface area (Å²) in [6.07, 6.45) is 1.79. The standard InChI is InChI=1S/C25H30N6O3S/c1-16-14-19(17(2)30(16)21-15-18(31(32)33)9-10-22(21)34-5)24-23(20-8-6-7-11-26-20)27-25(35)29(24)13-12-28(3)4/h6-11,14-15,23-24H,12-13H2,1-5H3,(H,27,35)/t23-,24+/m1/s1. The number of hydrogen-bond donors (Lipinski definition) is 1. The number of benzene rings is 1. The van der Waals surface area contributed by atoms with Gasteiger partial charge in [-0.2, -0.15) is 0 Å². The topological polar surface area (TPSA) is 88.7 Å². The maximum absolute atomic E-state index is 11.5. The Balaban J connectivity index is 1.86. The molecule has 3 heterocycles. The summed E-state index contributed by atoms with van der Waals surface area (Å²) in [5, 5.41) is 15.7. The number of hydrogen-bond acceptors (Lipinski definition) is 6. The van der Waals surface area contributed by atoms with Gasteiger partial charge in [-0.1, -0.05) is 6.07 Å². The monoisotopic (exact) mass is 494 g/mol. The maximum Gasteiger partial charge on any atom is 0.271 e. The lowest BCUT2D eigenvalue weighted by Crippen LogP contribution is -2.35. The minimum absolute atomic E-state index is 0.0116. The van der Waals surface area contributed by atoms with E-state index < -0.39 is 4.92 Å². The van der Waals surface area contributed by atoms with Crippen molar-refractivity contribution in [1.82, 2.24) is 24.7 Å². The number of pyridine rings is 1. The molecule has 9 nitrogen and oxygen atoms in total. The quantitative estimate of drug-likeness (QED) is 0.286. The summed E-state index contributed by atoms with van der Waals surface area (Å²) in [4.78, 5) is 20.1. The van der Waals surface area contributed by atoms with Gasteiger partial charge in [0.25, 0.3) is 5.69 Å². The van der Waals surface area contributed by atoms with Crippen LogP contribution in [0.2, 0.25) is 0 Å². The van der Waals surface area contributed by atoms with Crippen LogP contribution >= 0.6 is 12.2 Å². The molecular formula is C25H30N6O3S. The third-order valence-electron chi connectivity index (χ3n) is 6.39. The van der Waals surface area contributed by atoms with Crippen molar-refractivity contribution in [3.05, 3.63) is 81.4 Å². The van der Waals surface area contributed by atoms with Crippen molar-refractivity contribution in [3.8, 4) is 11.4 Å². The highest BCUT2D eigenvalue weighted by Crippen LogP contribution is 2.42. The van der Waals surface area contributed by atoms with Gasteiger partial charge in [0.2, 0.25) is 0 Å². The molecular weight excluding hydrogens is 464 g/mol. The highest BCUT2D eigenvalue weighted by Gasteiger charge is 2.41. The molecule has 0 saturated carbocycles. The van der Waals surface area contributed by atoms with Crippen LogP contribution in [0.4, 0.5) is 5.69 Å². The van der Waals surface area contributed by atoms with Crippen molar-refractivity contribution >= 4 is 23.0 Å². The number of rotatable bonds is 8. The van der Waals surface area contributed by atoms with Gasteiger partial charge in [-0.05, 0) is 70.0 Å². The predicted octanol–water partition coefficient (Wildman–Crippen LogP) is 3.94. The number of aromatic nitrogens is 2. The molecule has 1 aliphatic rings. The van der Waals surface area contributed by atoms with E-state index in [2.05, 4.69) is 26.2 Å². The van der Waals surface area contributed by atoms with Crippen LogP contribution in [0.1, 0.15) is 34.7 Å². The van der Waals surface area contributed by atoms with E-state index >= 15 is 0 Å². The van der Waals surface area contributed by atoms with Crippen molar-refractivity contribution in [3.63, 3.8) is 0 Å². The van der Waals surface area contributed by atoms with E-state index in [0.29, 0.717) is 16.5 Å². The van der Waals surface area contributed by atoms with E-state index in [1.807, 2.05) is 50.7 Å². The first-order valence-corrected chi connectivity index (χ1v) is 11.8. The third-order valence-corrected chi connectivity index (χ3v) is 6.74. The number of aryl methyl sites for hydroxylation is 1. The Hall–Kier alpha value is -3.50. The fourth-order valence-corrected chi connectivity index (χ4v) is 5.05. The fraction of sp³-hybridized carbons (Fsp3) is 0.360. The molecule has 0 unspecified atom stereocenters. The number of nitrogens with one attached hydrogen (secondary N) is 1. The largest absolute Gasteiger partial charge is 0.495 e. The van der Waals surface area contributed by atoms with Crippen molar-refractivity contribution in [2.24, 2.45) is 0 Å². The molecule has 3 aromatic rings. The Labute approximate surface area is 210 Å². The Morgan fingerprint density at radius 2 is 2.00 bits per heavy atom. The van der Waals surface area contributed by atoms with Crippen LogP contribution in [0.25, 0.3) is 5.69 Å². The molecule has 0 aliphatic carbocycles. The van der Waals surface area contributed by atoms with Crippen LogP contribution in [0.5, 0.6) is 5.75 Å². The lowest BCUT2D eigenvalue weighted by Gasteiger charge is -2.29. The molecule has 0 amide bonds. The Kier molecular flexibility index (Phi) is 7.04. The molecule has 1 aromatic carbocycles. The summed E-state index contributed by atoms with van der Waals surface area (Å²) < 4.78 is 7.59. The number of methoxy groups -OCH3 is 1. The van der Waals surface area contributed by atoms with Gasteiger partial charge >= 0.3 is 0 Å². The Bertz CT molecular complexity index is 1240. The normalized spacial score (nSPS) is 17.7. The zero-order valence-electron chi connectivity index (χ0n) is 20.6. The third kappa shape index (κ3) is 4.71. The average Bonchev–Trinajstić information content (AvgIpc) is 3.32. The number of ether oxygens (including phenoxy) is 1. The van der Waals surface area contributed by atoms with E-state index in [4.69, 9.17) is 17.0 Å². The van der Waals surface area contributed by atoms with Gasteiger partial charge in [-0.25, -0.2) is 0 Å². The fourth-order valence-electron chi connectivity index (χ4n) is 4.72. The summed E-state index contributed by atoms with van der Waals surface area (Å²) in [5.74, 6) is 0.565. The first-order chi connectivity index (χ1) is 16.7. The van der Waals surface area contributed by atoms with Crippen molar-refractivity contribution in [2.45, 2.75) is 25.9 Å². The Morgan fingerprint density at radius 1 is 1.23 bits per heavy atom. The van der Waals surface area contributed by atoms with Gasteiger partial charge in [0.05, 0.1) is 35.5 Å². The van der Waals surface area contributed by atoms with Crippen LogP contribution in [0.3, 0.4) is 0 Å². The average molecular weight is 495 g/mol. The minimum Gasteiger partial charge on any atom is -0.495 e. The zero-order valence-corrected chi connectivity index (χ0v) is 21.4. The van der Waals surface area contributed by atoms with Crippen LogP contribution in [0.15, 0.2) is 48.7 Å². The first-order valence-electron chi connectivity index (χ1n) is 11.4. The molecule has 1 saturated heterocycles. The number of nitrogens with zero attached hydrogens (tertiary/aromatic N) is 5. The van der Waals surface area contributed by atoms with E-state index in [1.54, 1.807) is 25.4 Å². The lowest BCUT2D eigenvalue weighted by molar-refractivity contribution is -0.384. The molecule has 2 atom stereocenters. The van der Waals surface area contributed by atoms with Gasteiger partial charge in [0.15, 0.2) is 5.11 Å². The summed E-state index contributed by atoms with van der Waals surface area (Å²) in [6, 6.07) is 12.4. The molecule has 4 rings (SSSR count). The molecule has 0 bridgehead atoms. The van der Waals surface area contributed by atoms with E-state index in [1.165, 1.54) is 6.07 Å².